The lowest BCUT2D eigenvalue weighted by Crippen LogP contribution is -2.41. The van der Waals surface area contributed by atoms with Crippen LogP contribution in [0, 0.1) is 0 Å². The number of ether oxygens (including phenoxy) is 1. The van der Waals surface area contributed by atoms with Crippen molar-refractivity contribution < 1.29 is 24.2 Å². The quantitative estimate of drug-likeness (QED) is 0.481. The second-order valence-corrected chi connectivity index (χ2v) is 9.11. The Kier molecular flexibility index (Phi) is 7.93. The van der Waals surface area contributed by atoms with Gasteiger partial charge in [-0.1, -0.05) is 30.0 Å². The molecule has 182 valence electrons. The van der Waals surface area contributed by atoms with Crippen LogP contribution in [0.2, 0.25) is 0 Å². The molecule has 35 heavy (non-hydrogen) atoms. The van der Waals surface area contributed by atoms with Gasteiger partial charge in [-0.2, -0.15) is 0 Å². The molecule has 0 spiro atoms. The highest BCUT2D eigenvalue weighted by Crippen LogP contribution is 2.29. The lowest BCUT2D eigenvalue weighted by atomic mass is 10.1. The van der Waals surface area contributed by atoms with Gasteiger partial charge in [-0.05, 0) is 59.7 Å². The predicted octanol–water partition coefficient (Wildman–Crippen LogP) is 3.16. The molecule has 1 aromatic heterocycles. The van der Waals surface area contributed by atoms with Gasteiger partial charge >= 0.3 is 12.1 Å². The summed E-state index contributed by atoms with van der Waals surface area (Å²) < 4.78 is 6.98. The maximum Gasteiger partial charge on any atom is 0.415 e. The summed E-state index contributed by atoms with van der Waals surface area (Å²) in [5.41, 5.74) is 1.16. The number of carbonyl (C=O) groups is 3. The van der Waals surface area contributed by atoms with Crippen LogP contribution in [-0.4, -0.2) is 66.5 Å². The van der Waals surface area contributed by atoms with E-state index in [0.717, 1.165) is 12.8 Å². The van der Waals surface area contributed by atoms with Gasteiger partial charge < -0.3 is 20.1 Å². The highest BCUT2D eigenvalue weighted by atomic mass is 32.2. The van der Waals surface area contributed by atoms with Crippen molar-refractivity contribution in [1.82, 2.24) is 25.1 Å². The van der Waals surface area contributed by atoms with E-state index in [0.29, 0.717) is 35.2 Å². The number of carboxylic acids is 1. The first-order chi connectivity index (χ1) is 17.0. The number of piperidine rings is 1. The number of likely N-dealkylation sites (tertiary alicyclic amines) is 1. The van der Waals surface area contributed by atoms with Crippen molar-refractivity contribution >= 4 is 35.4 Å². The topological polar surface area (TPSA) is 140 Å². The number of thioether (sulfide) groups is 1. The third-order valence-corrected chi connectivity index (χ3v) is 6.67. The first-order valence-electron chi connectivity index (χ1n) is 11.1. The zero-order chi connectivity index (χ0) is 24.6. The van der Waals surface area contributed by atoms with Crippen LogP contribution in [0.1, 0.15) is 29.6 Å². The zero-order valence-corrected chi connectivity index (χ0v) is 19.6. The van der Waals surface area contributed by atoms with Crippen molar-refractivity contribution in [2.24, 2.45) is 0 Å². The largest absolute Gasteiger partial charge is 0.481 e. The van der Waals surface area contributed by atoms with E-state index in [9.17, 15) is 14.4 Å². The molecule has 1 aliphatic heterocycles. The Labute approximate surface area is 205 Å². The summed E-state index contributed by atoms with van der Waals surface area (Å²) in [6.45, 7) is 1.27. The number of carboxylic acid groups (broad SMARTS) is 1. The number of aromatic nitrogens is 4. The molecule has 0 atom stereocenters. The highest BCUT2D eigenvalue weighted by molar-refractivity contribution is 7.99. The number of carbonyl (C=O) groups excluding carboxylic acids is 2. The minimum atomic E-state index is -0.908. The van der Waals surface area contributed by atoms with E-state index in [1.807, 2.05) is 6.07 Å². The van der Waals surface area contributed by atoms with Crippen LogP contribution in [0.4, 0.5) is 10.5 Å². The summed E-state index contributed by atoms with van der Waals surface area (Å²) in [5, 5.41) is 23.9. The van der Waals surface area contributed by atoms with Gasteiger partial charge in [-0.3, -0.25) is 9.59 Å². The van der Waals surface area contributed by atoms with Crippen LogP contribution >= 0.6 is 11.8 Å². The first kappa shape index (κ1) is 24.2. The number of rotatable bonds is 8. The number of hydrogen-bond acceptors (Lipinski definition) is 8. The Morgan fingerprint density at radius 1 is 1.06 bits per heavy atom. The van der Waals surface area contributed by atoms with Crippen LogP contribution in [0.25, 0.3) is 0 Å². The van der Waals surface area contributed by atoms with E-state index in [2.05, 4.69) is 20.8 Å². The van der Waals surface area contributed by atoms with E-state index < -0.39 is 12.1 Å². The molecule has 1 saturated heterocycles. The number of benzene rings is 2. The zero-order valence-electron chi connectivity index (χ0n) is 18.7. The third-order valence-electron chi connectivity index (χ3n) is 5.36. The van der Waals surface area contributed by atoms with Gasteiger partial charge in [-0.15, -0.1) is 5.10 Å². The standard InChI is InChI=1S/C23H24N6O5S/c30-20(31)12-15-29-22(25-26-27-29)35-19-10-13-28(14-11-19)23(33)34-18-8-6-17(7-9-18)24-21(32)16-4-2-1-3-5-16/h1-9,19H,10-15H2,(H,24,32)(H,30,31). The Balaban J connectivity index is 1.23. The number of hydrogen-bond donors (Lipinski definition) is 2. The minimum absolute atomic E-state index is 0.0523. The van der Waals surface area contributed by atoms with E-state index in [4.69, 9.17) is 9.84 Å². The van der Waals surface area contributed by atoms with Gasteiger partial charge in [0.05, 0.1) is 13.0 Å². The lowest BCUT2D eigenvalue weighted by molar-refractivity contribution is -0.137. The van der Waals surface area contributed by atoms with Crippen molar-refractivity contribution in [1.29, 1.82) is 0 Å². The minimum Gasteiger partial charge on any atom is -0.481 e. The number of aliphatic carboxylic acids is 1. The maximum absolute atomic E-state index is 12.6. The van der Waals surface area contributed by atoms with Crippen molar-refractivity contribution in [2.75, 3.05) is 18.4 Å². The number of anilines is 1. The molecule has 0 unspecified atom stereocenters. The molecule has 1 aliphatic rings. The van der Waals surface area contributed by atoms with E-state index in [1.165, 1.54) is 16.4 Å². The number of amides is 2. The summed E-state index contributed by atoms with van der Waals surface area (Å²) in [7, 11) is 0. The molecule has 2 heterocycles. The third kappa shape index (κ3) is 6.79. The Hall–Kier alpha value is -3.93. The van der Waals surface area contributed by atoms with Gasteiger partial charge in [0, 0.05) is 29.6 Å². The Morgan fingerprint density at radius 2 is 1.77 bits per heavy atom. The van der Waals surface area contributed by atoms with Gasteiger partial charge in [0.15, 0.2) is 0 Å². The fourth-order valence-corrected chi connectivity index (χ4v) is 4.57. The fourth-order valence-electron chi connectivity index (χ4n) is 3.49. The number of nitrogens with zero attached hydrogens (tertiary/aromatic N) is 5. The summed E-state index contributed by atoms with van der Waals surface area (Å²) in [5.74, 6) is -0.733. The molecule has 0 radical (unpaired) electrons. The van der Waals surface area contributed by atoms with Gasteiger partial charge in [-0.25, -0.2) is 9.48 Å². The van der Waals surface area contributed by atoms with Crippen molar-refractivity contribution in [2.45, 2.75) is 36.2 Å². The molecular formula is C23H24N6O5S. The van der Waals surface area contributed by atoms with Gasteiger partial charge in [0.2, 0.25) is 5.16 Å². The molecule has 2 aromatic carbocycles. The summed E-state index contributed by atoms with van der Waals surface area (Å²) in [4.78, 5) is 37.3. The molecule has 3 aromatic rings. The monoisotopic (exact) mass is 496 g/mol. The van der Waals surface area contributed by atoms with Gasteiger partial charge in [0.1, 0.15) is 5.75 Å². The molecule has 2 amide bonds. The molecule has 0 saturated carbocycles. The molecule has 0 aliphatic carbocycles. The normalized spacial score (nSPS) is 13.9. The van der Waals surface area contributed by atoms with Crippen LogP contribution in [0.15, 0.2) is 59.8 Å². The first-order valence-corrected chi connectivity index (χ1v) is 11.9. The second-order valence-electron chi connectivity index (χ2n) is 7.85. The highest BCUT2D eigenvalue weighted by Gasteiger charge is 2.26. The molecular weight excluding hydrogens is 472 g/mol. The Morgan fingerprint density at radius 3 is 2.46 bits per heavy atom. The maximum atomic E-state index is 12.6. The summed E-state index contributed by atoms with van der Waals surface area (Å²) in [6.07, 6.45) is 0.982. The summed E-state index contributed by atoms with van der Waals surface area (Å²) in [6, 6.07) is 15.5. The number of nitrogens with one attached hydrogen (secondary N) is 1. The lowest BCUT2D eigenvalue weighted by Gasteiger charge is -2.30. The van der Waals surface area contributed by atoms with Gasteiger partial charge in [0.25, 0.3) is 5.91 Å². The smallest absolute Gasteiger partial charge is 0.415 e. The average Bonchev–Trinajstić information content (AvgIpc) is 3.31. The molecule has 1 fully saturated rings. The van der Waals surface area contributed by atoms with E-state index >= 15 is 0 Å². The fraction of sp³-hybridized carbons (Fsp3) is 0.304. The van der Waals surface area contributed by atoms with Crippen molar-refractivity contribution in [3.05, 3.63) is 60.2 Å². The van der Waals surface area contributed by atoms with E-state index in [1.54, 1.807) is 53.4 Å². The molecule has 0 bridgehead atoms. The molecule has 12 heteroatoms. The van der Waals surface area contributed by atoms with Crippen molar-refractivity contribution in [3.63, 3.8) is 0 Å². The molecule has 2 N–H and O–H groups in total. The van der Waals surface area contributed by atoms with Crippen molar-refractivity contribution in [3.8, 4) is 5.75 Å². The van der Waals surface area contributed by atoms with Crippen LogP contribution in [0.3, 0.4) is 0 Å². The molecule has 11 nitrogen and oxygen atoms in total. The van der Waals surface area contributed by atoms with Crippen LogP contribution in [0.5, 0.6) is 5.75 Å². The average molecular weight is 497 g/mol. The Bertz CT molecular complexity index is 1160. The number of tetrazole rings is 1. The van der Waals surface area contributed by atoms with Crippen LogP contribution in [-0.2, 0) is 11.3 Å². The SMILES string of the molecule is O=C(O)CCn1nnnc1SC1CCN(C(=O)Oc2ccc(NC(=O)c3ccccc3)cc2)CC1. The predicted molar refractivity (Wildman–Crippen MR) is 127 cm³/mol. The second kappa shape index (κ2) is 11.5. The van der Waals surface area contributed by atoms with E-state index in [-0.39, 0.29) is 24.1 Å². The van der Waals surface area contributed by atoms with Crippen LogP contribution < -0.4 is 10.1 Å². The summed E-state index contributed by atoms with van der Waals surface area (Å²) >= 11 is 1.49. The number of aryl methyl sites for hydroxylation is 1. The molecule has 4 rings (SSSR count).